The highest BCUT2D eigenvalue weighted by Gasteiger charge is 2.17. The molecule has 0 radical (unpaired) electrons. The smallest absolute Gasteiger partial charge is 0.266 e. The number of aromatic nitrogens is 2. The molecule has 8 heteroatoms. The minimum atomic E-state index is -0.859. The molecule has 0 saturated carbocycles. The summed E-state index contributed by atoms with van der Waals surface area (Å²) >= 11 is 1.23. The lowest BCUT2D eigenvalue weighted by Gasteiger charge is -2.14. The van der Waals surface area contributed by atoms with E-state index in [2.05, 4.69) is 4.98 Å². The highest BCUT2D eigenvalue weighted by molar-refractivity contribution is 7.98. The first-order chi connectivity index (χ1) is 14.4. The number of benzene rings is 3. The van der Waals surface area contributed by atoms with Crippen molar-refractivity contribution in [1.82, 2.24) is 9.55 Å². The minimum absolute atomic E-state index is 0.0776. The zero-order valence-electron chi connectivity index (χ0n) is 15.5. The van der Waals surface area contributed by atoms with Gasteiger partial charge in [-0.05, 0) is 42.0 Å². The normalized spacial score (nSPS) is 11.0. The Balaban J connectivity index is 1.79. The molecule has 0 aliphatic heterocycles. The van der Waals surface area contributed by atoms with Gasteiger partial charge in [0.05, 0.1) is 16.6 Å². The number of carbonyl (C=O) groups excluding carboxylic acids is 1. The van der Waals surface area contributed by atoms with Crippen molar-refractivity contribution in [3.63, 3.8) is 0 Å². The number of nitrogens with zero attached hydrogens (tertiary/aromatic N) is 2. The molecule has 30 heavy (non-hydrogen) atoms. The Bertz CT molecular complexity index is 1320. The van der Waals surface area contributed by atoms with Crippen molar-refractivity contribution < 1.29 is 13.6 Å². The van der Waals surface area contributed by atoms with Gasteiger partial charge in [-0.25, -0.2) is 13.8 Å². The molecule has 0 aliphatic carbocycles. The van der Waals surface area contributed by atoms with Crippen LogP contribution in [0.4, 0.5) is 8.78 Å². The molecular formula is C22H15F2N3O2S. The highest BCUT2D eigenvalue weighted by Crippen LogP contribution is 2.26. The molecule has 4 rings (SSSR count). The summed E-state index contributed by atoms with van der Waals surface area (Å²) in [7, 11) is 0. The predicted octanol–water partition coefficient (Wildman–Crippen LogP) is 4.06. The third-order valence-corrected chi connectivity index (χ3v) is 5.51. The van der Waals surface area contributed by atoms with Crippen molar-refractivity contribution in [1.29, 1.82) is 0 Å². The maximum absolute atomic E-state index is 14.5. The van der Waals surface area contributed by atoms with Gasteiger partial charge in [0.15, 0.2) is 5.16 Å². The van der Waals surface area contributed by atoms with Crippen LogP contribution in [0, 0.1) is 11.6 Å². The second kappa shape index (κ2) is 8.08. The number of carbonyl (C=O) groups is 1. The Hall–Kier alpha value is -3.52. The molecule has 5 nitrogen and oxygen atoms in total. The van der Waals surface area contributed by atoms with E-state index >= 15 is 0 Å². The van der Waals surface area contributed by atoms with Crippen LogP contribution in [0.1, 0.15) is 15.9 Å². The number of nitrogens with two attached hydrogens (primary N) is 1. The molecule has 0 spiro atoms. The molecule has 1 heterocycles. The molecule has 150 valence electrons. The van der Waals surface area contributed by atoms with Gasteiger partial charge in [-0.3, -0.25) is 14.2 Å². The summed E-state index contributed by atoms with van der Waals surface area (Å²) in [4.78, 5) is 28.9. The number of fused-ring (bicyclic) bond motifs is 1. The largest absolute Gasteiger partial charge is 0.366 e. The Morgan fingerprint density at radius 1 is 1.03 bits per heavy atom. The SMILES string of the molecule is NC(=O)c1ccc(CSc2nc3ccccc3c(=O)n2-c2ccc(F)cc2F)cc1. The number of thioether (sulfide) groups is 1. The minimum Gasteiger partial charge on any atom is -0.366 e. The van der Waals surface area contributed by atoms with Crippen molar-refractivity contribution >= 4 is 28.6 Å². The van der Waals surface area contributed by atoms with Crippen molar-refractivity contribution in [2.45, 2.75) is 10.9 Å². The van der Waals surface area contributed by atoms with E-state index in [1.165, 1.54) is 17.8 Å². The Morgan fingerprint density at radius 3 is 2.47 bits per heavy atom. The monoisotopic (exact) mass is 423 g/mol. The number of hydrogen-bond donors (Lipinski definition) is 1. The van der Waals surface area contributed by atoms with E-state index in [0.29, 0.717) is 22.2 Å². The maximum Gasteiger partial charge on any atom is 0.266 e. The van der Waals surface area contributed by atoms with Crippen LogP contribution < -0.4 is 11.3 Å². The van der Waals surface area contributed by atoms with Gasteiger partial charge in [-0.1, -0.05) is 36.0 Å². The Kier molecular flexibility index (Phi) is 5.33. The van der Waals surface area contributed by atoms with E-state index < -0.39 is 23.1 Å². The summed E-state index contributed by atoms with van der Waals surface area (Å²) in [5, 5.41) is 0.597. The van der Waals surface area contributed by atoms with Crippen LogP contribution in [0.5, 0.6) is 0 Å². The van der Waals surface area contributed by atoms with E-state index in [0.717, 1.165) is 22.3 Å². The molecule has 0 aliphatic rings. The lowest BCUT2D eigenvalue weighted by atomic mass is 10.1. The van der Waals surface area contributed by atoms with Gasteiger partial charge in [0.1, 0.15) is 11.6 Å². The van der Waals surface area contributed by atoms with Gasteiger partial charge in [0.2, 0.25) is 5.91 Å². The molecule has 1 aromatic heterocycles. The fraction of sp³-hybridized carbons (Fsp3) is 0.0455. The summed E-state index contributed by atoms with van der Waals surface area (Å²) in [5.41, 5.74) is 6.45. The van der Waals surface area contributed by atoms with Crippen molar-refractivity contribution in [2.24, 2.45) is 5.73 Å². The Labute approximate surface area is 174 Å². The van der Waals surface area contributed by atoms with Crippen molar-refractivity contribution in [3.05, 3.63) is 99.8 Å². The maximum atomic E-state index is 14.5. The van der Waals surface area contributed by atoms with E-state index in [-0.39, 0.29) is 10.8 Å². The Morgan fingerprint density at radius 2 is 1.77 bits per heavy atom. The molecule has 0 fully saturated rings. The zero-order valence-corrected chi connectivity index (χ0v) is 16.3. The number of hydrogen-bond acceptors (Lipinski definition) is 4. The zero-order chi connectivity index (χ0) is 21.3. The van der Waals surface area contributed by atoms with Gasteiger partial charge >= 0.3 is 0 Å². The quantitative estimate of drug-likeness (QED) is 0.388. The molecular weight excluding hydrogens is 408 g/mol. The molecule has 4 aromatic rings. The third kappa shape index (κ3) is 3.81. The highest BCUT2D eigenvalue weighted by atomic mass is 32.2. The first kappa shape index (κ1) is 19.8. The van der Waals surface area contributed by atoms with Gasteiger partial charge in [0.25, 0.3) is 5.56 Å². The number of amides is 1. The fourth-order valence-corrected chi connectivity index (χ4v) is 3.96. The summed E-state index contributed by atoms with van der Waals surface area (Å²) in [6.07, 6.45) is 0. The second-order valence-corrected chi connectivity index (χ2v) is 7.44. The molecule has 0 bridgehead atoms. The molecule has 1 amide bonds. The van der Waals surface area contributed by atoms with Crippen LogP contribution in [0.2, 0.25) is 0 Å². The first-order valence-electron chi connectivity index (χ1n) is 8.93. The van der Waals surface area contributed by atoms with Gasteiger partial charge in [0, 0.05) is 17.4 Å². The van der Waals surface area contributed by atoms with Crippen LogP contribution in [0.15, 0.2) is 76.7 Å². The van der Waals surface area contributed by atoms with Crippen LogP contribution >= 0.6 is 11.8 Å². The molecule has 0 saturated heterocycles. The van der Waals surface area contributed by atoms with Crippen LogP contribution in [0.25, 0.3) is 16.6 Å². The number of rotatable bonds is 5. The van der Waals surface area contributed by atoms with Crippen molar-refractivity contribution in [3.8, 4) is 5.69 Å². The lowest BCUT2D eigenvalue weighted by Crippen LogP contribution is -2.22. The average molecular weight is 423 g/mol. The van der Waals surface area contributed by atoms with Gasteiger partial charge in [-0.2, -0.15) is 0 Å². The van der Waals surface area contributed by atoms with Gasteiger partial charge < -0.3 is 5.73 Å². The molecule has 0 atom stereocenters. The number of halogens is 2. The molecule has 3 aromatic carbocycles. The van der Waals surface area contributed by atoms with Gasteiger partial charge in [-0.15, -0.1) is 0 Å². The first-order valence-corrected chi connectivity index (χ1v) is 9.91. The van der Waals surface area contributed by atoms with E-state index in [1.54, 1.807) is 48.5 Å². The van der Waals surface area contributed by atoms with Crippen molar-refractivity contribution in [2.75, 3.05) is 0 Å². The summed E-state index contributed by atoms with van der Waals surface area (Å²) in [5.74, 6) is -1.71. The fourth-order valence-electron chi connectivity index (χ4n) is 3.00. The topological polar surface area (TPSA) is 78.0 Å². The number of primary amides is 1. The number of para-hydroxylation sites is 1. The van der Waals surface area contributed by atoms with Crippen LogP contribution in [-0.2, 0) is 5.75 Å². The van der Waals surface area contributed by atoms with Crippen LogP contribution in [-0.4, -0.2) is 15.5 Å². The predicted molar refractivity (Wildman–Crippen MR) is 112 cm³/mol. The summed E-state index contributed by atoms with van der Waals surface area (Å²) < 4.78 is 29.0. The second-order valence-electron chi connectivity index (χ2n) is 6.50. The van der Waals surface area contributed by atoms with E-state index in [9.17, 15) is 18.4 Å². The summed E-state index contributed by atoms with van der Waals surface area (Å²) in [6, 6.07) is 16.5. The van der Waals surface area contributed by atoms with E-state index in [1.807, 2.05) is 0 Å². The van der Waals surface area contributed by atoms with E-state index in [4.69, 9.17) is 5.73 Å². The molecule has 0 unspecified atom stereocenters. The van der Waals surface area contributed by atoms with Crippen LogP contribution in [0.3, 0.4) is 0 Å². The average Bonchev–Trinajstić information content (AvgIpc) is 2.73. The summed E-state index contributed by atoms with van der Waals surface area (Å²) in [6.45, 7) is 0. The standard InChI is InChI=1S/C22H15F2N3O2S/c23-15-9-10-19(17(24)11-15)27-21(29)16-3-1-2-4-18(16)26-22(27)30-12-13-5-7-14(8-6-13)20(25)28/h1-11H,12H2,(H2,25,28). The molecule has 2 N–H and O–H groups in total. The lowest BCUT2D eigenvalue weighted by molar-refractivity contribution is 0.100. The third-order valence-electron chi connectivity index (χ3n) is 4.50.